The lowest BCUT2D eigenvalue weighted by atomic mass is 9.94. The quantitative estimate of drug-likeness (QED) is 0.658. The molecule has 2 N–H and O–H groups in total. The molecule has 0 aromatic heterocycles. The van der Waals surface area contributed by atoms with E-state index in [0.717, 1.165) is 0 Å². The SMILES string of the molecule is O=[N+]([O-])c1cc(Cl)c(NCC2(O)CCOCC2)c(Cl)c1. The van der Waals surface area contributed by atoms with Gasteiger partial charge in [0.05, 0.1) is 26.3 Å². The Morgan fingerprint density at radius 1 is 1.35 bits per heavy atom. The smallest absolute Gasteiger partial charge is 0.272 e. The number of non-ortho nitro benzene ring substituents is 1. The van der Waals surface area contributed by atoms with Gasteiger partial charge in [-0.25, -0.2) is 0 Å². The lowest BCUT2D eigenvalue weighted by Crippen LogP contribution is -2.42. The predicted octanol–water partition coefficient (Wildman–Crippen LogP) is 2.86. The second-order valence-electron chi connectivity index (χ2n) is 4.73. The molecular weight excluding hydrogens is 307 g/mol. The van der Waals surface area contributed by atoms with Gasteiger partial charge in [0.2, 0.25) is 0 Å². The number of hydrogen-bond acceptors (Lipinski definition) is 5. The minimum atomic E-state index is -0.882. The van der Waals surface area contributed by atoms with Gasteiger partial charge >= 0.3 is 0 Å². The molecule has 1 fully saturated rings. The third-order valence-corrected chi connectivity index (χ3v) is 3.85. The summed E-state index contributed by atoms with van der Waals surface area (Å²) >= 11 is 12.0. The van der Waals surface area contributed by atoms with Gasteiger partial charge in [-0.05, 0) is 0 Å². The van der Waals surface area contributed by atoms with E-state index >= 15 is 0 Å². The Hall–Kier alpha value is -1.08. The highest BCUT2D eigenvalue weighted by Crippen LogP contribution is 2.35. The van der Waals surface area contributed by atoms with Gasteiger partial charge in [0.15, 0.2) is 0 Å². The molecule has 8 heteroatoms. The minimum absolute atomic E-state index is 0.153. The molecule has 0 radical (unpaired) electrons. The van der Waals surface area contributed by atoms with Gasteiger partial charge in [0.1, 0.15) is 0 Å². The molecule has 1 aromatic rings. The predicted molar refractivity (Wildman–Crippen MR) is 76.6 cm³/mol. The maximum absolute atomic E-state index is 10.7. The maximum Gasteiger partial charge on any atom is 0.272 e. The summed E-state index contributed by atoms with van der Waals surface area (Å²) in [6.45, 7) is 1.26. The molecule has 1 aromatic carbocycles. The molecule has 0 spiro atoms. The fourth-order valence-electron chi connectivity index (χ4n) is 2.02. The zero-order valence-electron chi connectivity index (χ0n) is 10.6. The average molecular weight is 321 g/mol. The van der Waals surface area contributed by atoms with E-state index in [4.69, 9.17) is 27.9 Å². The number of rotatable bonds is 4. The molecule has 0 atom stereocenters. The Balaban J connectivity index is 2.11. The normalized spacial score (nSPS) is 17.8. The van der Waals surface area contributed by atoms with E-state index in [2.05, 4.69) is 5.32 Å². The first-order chi connectivity index (χ1) is 9.41. The number of halogens is 2. The van der Waals surface area contributed by atoms with Crippen LogP contribution < -0.4 is 5.32 Å². The fourth-order valence-corrected chi connectivity index (χ4v) is 2.62. The third kappa shape index (κ3) is 3.52. The van der Waals surface area contributed by atoms with Gasteiger partial charge in [0.25, 0.3) is 5.69 Å². The van der Waals surface area contributed by atoms with Crippen LogP contribution in [0.15, 0.2) is 12.1 Å². The number of benzene rings is 1. The van der Waals surface area contributed by atoms with E-state index < -0.39 is 10.5 Å². The maximum atomic E-state index is 10.7. The Morgan fingerprint density at radius 3 is 2.40 bits per heavy atom. The molecule has 110 valence electrons. The number of ether oxygens (including phenoxy) is 1. The van der Waals surface area contributed by atoms with E-state index in [1.807, 2.05) is 0 Å². The van der Waals surface area contributed by atoms with Crippen LogP contribution in [0.1, 0.15) is 12.8 Å². The van der Waals surface area contributed by atoms with E-state index in [1.165, 1.54) is 12.1 Å². The summed E-state index contributed by atoms with van der Waals surface area (Å²) in [6, 6.07) is 2.45. The van der Waals surface area contributed by atoms with Crippen molar-refractivity contribution in [2.24, 2.45) is 0 Å². The van der Waals surface area contributed by atoms with Crippen LogP contribution >= 0.6 is 23.2 Å². The van der Waals surface area contributed by atoms with Gasteiger partial charge in [-0.1, -0.05) is 23.2 Å². The van der Waals surface area contributed by atoms with Crippen LogP contribution in [0.25, 0.3) is 0 Å². The molecule has 0 amide bonds. The van der Waals surface area contributed by atoms with Crippen molar-refractivity contribution in [1.29, 1.82) is 0 Å². The highest BCUT2D eigenvalue weighted by Gasteiger charge is 2.30. The summed E-state index contributed by atoms with van der Waals surface area (Å²) in [5.74, 6) is 0. The molecular formula is C12H14Cl2N2O4. The highest BCUT2D eigenvalue weighted by molar-refractivity contribution is 6.39. The van der Waals surface area contributed by atoms with E-state index in [9.17, 15) is 15.2 Å². The fraction of sp³-hybridized carbons (Fsp3) is 0.500. The first kappa shape index (κ1) is 15.3. The number of nitrogens with one attached hydrogen (secondary N) is 1. The molecule has 2 rings (SSSR count). The van der Waals surface area contributed by atoms with Crippen molar-refractivity contribution in [2.75, 3.05) is 25.1 Å². The van der Waals surface area contributed by atoms with Crippen molar-refractivity contribution in [3.63, 3.8) is 0 Å². The Bertz CT molecular complexity index is 495. The average Bonchev–Trinajstić information content (AvgIpc) is 2.38. The topological polar surface area (TPSA) is 84.6 Å². The van der Waals surface area contributed by atoms with Crippen LogP contribution in [-0.2, 0) is 4.74 Å². The zero-order valence-corrected chi connectivity index (χ0v) is 12.1. The highest BCUT2D eigenvalue weighted by atomic mass is 35.5. The zero-order chi connectivity index (χ0) is 14.8. The standard InChI is InChI=1S/C12H14Cl2N2O4/c13-9-5-8(16(18)19)6-10(14)11(9)15-7-12(17)1-3-20-4-2-12/h5-6,15,17H,1-4,7H2. The summed E-state index contributed by atoms with van der Waals surface area (Å²) < 4.78 is 5.19. The lowest BCUT2D eigenvalue weighted by molar-refractivity contribution is -0.384. The summed E-state index contributed by atoms with van der Waals surface area (Å²) in [6.07, 6.45) is 1.03. The van der Waals surface area contributed by atoms with Crippen molar-refractivity contribution in [3.8, 4) is 0 Å². The summed E-state index contributed by atoms with van der Waals surface area (Å²) in [7, 11) is 0. The number of hydrogen-bond donors (Lipinski definition) is 2. The summed E-state index contributed by atoms with van der Waals surface area (Å²) in [4.78, 5) is 10.1. The molecule has 0 bridgehead atoms. The molecule has 20 heavy (non-hydrogen) atoms. The Labute approximate surface area is 125 Å². The van der Waals surface area contributed by atoms with Gasteiger partial charge < -0.3 is 15.2 Å². The summed E-state index contributed by atoms with van der Waals surface area (Å²) in [5.41, 5.74) is -0.665. The monoisotopic (exact) mass is 320 g/mol. The second-order valence-corrected chi connectivity index (χ2v) is 5.55. The van der Waals surface area contributed by atoms with Gasteiger partial charge in [0, 0.05) is 44.7 Å². The van der Waals surface area contributed by atoms with Crippen LogP contribution in [0.2, 0.25) is 10.0 Å². The molecule has 1 aliphatic heterocycles. The number of nitro groups is 1. The molecule has 1 aliphatic rings. The third-order valence-electron chi connectivity index (χ3n) is 3.26. The Morgan fingerprint density at radius 2 is 1.90 bits per heavy atom. The largest absolute Gasteiger partial charge is 0.388 e. The first-order valence-electron chi connectivity index (χ1n) is 6.09. The number of nitrogens with zero attached hydrogens (tertiary/aromatic N) is 1. The van der Waals surface area contributed by atoms with E-state index in [1.54, 1.807) is 0 Å². The first-order valence-corrected chi connectivity index (χ1v) is 6.84. The van der Waals surface area contributed by atoms with Crippen LogP contribution in [0.3, 0.4) is 0 Å². The van der Waals surface area contributed by atoms with Gasteiger partial charge in [-0.2, -0.15) is 0 Å². The van der Waals surface area contributed by atoms with Crippen LogP contribution in [-0.4, -0.2) is 35.4 Å². The van der Waals surface area contributed by atoms with Crippen LogP contribution in [0, 0.1) is 10.1 Å². The second kappa shape index (κ2) is 6.13. The number of aliphatic hydroxyl groups is 1. The van der Waals surface area contributed by atoms with Gasteiger partial charge in [-0.15, -0.1) is 0 Å². The van der Waals surface area contributed by atoms with Crippen LogP contribution in [0.4, 0.5) is 11.4 Å². The van der Waals surface area contributed by atoms with Crippen molar-refractivity contribution in [2.45, 2.75) is 18.4 Å². The molecule has 6 nitrogen and oxygen atoms in total. The molecule has 0 unspecified atom stereocenters. The van der Waals surface area contributed by atoms with E-state index in [-0.39, 0.29) is 22.3 Å². The molecule has 1 saturated heterocycles. The molecule has 0 aliphatic carbocycles. The lowest BCUT2D eigenvalue weighted by Gasteiger charge is -2.32. The number of nitro benzene ring substituents is 1. The van der Waals surface area contributed by atoms with Crippen molar-refractivity contribution < 1.29 is 14.8 Å². The van der Waals surface area contributed by atoms with Crippen molar-refractivity contribution >= 4 is 34.6 Å². The van der Waals surface area contributed by atoms with E-state index in [0.29, 0.717) is 31.7 Å². The summed E-state index contributed by atoms with van der Waals surface area (Å²) in [5, 5.41) is 24.3. The van der Waals surface area contributed by atoms with Crippen LogP contribution in [0.5, 0.6) is 0 Å². The van der Waals surface area contributed by atoms with Gasteiger partial charge in [-0.3, -0.25) is 10.1 Å². The molecule has 1 heterocycles. The molecule has 0 saturated carbocycles. The van der Waals surface area contributed by atoms with Crippen molar-refractivity contribution in [3.05, 3.63) is 32.3 Å². The number of anilines is 1. The Kier molecular flexibility index (Phi) is 4.70. The minimum Gasteiger partial charge on any atom is -0.388 e. The van der Waals surface area contributed by atoms with Crippen molar-refractivity contribution in [1.82, 2.24) is 0 Å².